The van der Waals surface area contributed by atoms with Crippen LogP contribution in [0.25, 0.3) is 68.6 Å². The molecule has 0 saturated heterocycles. The number of hydrogen-bond donors (Lipinski definition) is 2. The summed E-state index contributed by atoms with van der Waals surface area (Å²) in [5, 5.41) is 0. The van der Waals surface area contributed by atoms with Gasteiger partial charge in [0.25, 0.3) is 0 Å². The fourth-order valence-corrected chi connectivity index (χ4v) is 15.6. The van der Waals surface area contributed by atoms with Crippen LogP contribution in [0.1, 0.15) is 339 Å². The Morgan fingerprint density at radius 2 is 0.357 bits per heavy atom. The van der Waals surface area contributed by atoms with Crippen LogP contribution in [0, 0.1) is 0 Å². The summed E-state index contributed by atoms with van der Waals surface area (Å²) in [5.41, 5.74) is 19.9. The van der Waals surface area contributed by atoms with Gasteiger partial charge in [-0.1, -0.05) is 286 Å². The summed E-state index contributed by atoms with van der Waals surface area (Å²) >= 11 is 0. The van der Waals surface area contributed by atoms with Gasteiger partial charge >= 0.3 is 0 Å². The fraction of sp³-hybridized carbons (Fsp3) is 0.414. The number of H-pyrrole nitrogens is 2. The zero-order chi connectivity index (χ0) is 92.5. The van der Waals surface area contributed by atoms with E-state index < -0.39 is 0 Å². The summed E-state index contributed by atoms with van der Waals surface area (Å²) < 4.78 is 45.8. The lowest BCUT2D eigenvalue weighted by Crippen LogP contribution is -2.16. The largest absolute Gasteiger partial charge is 0.457 e. The third kappa shape index (κ3) is 21.5. The molecule has 2 aliphatic heterocycles. The summed E-state index contributed by atoms with van der Waals surface area (Å²) in [4.78, 5) is 19.4. The highest BCUT2D eigenvalue weighted by Crippen LogP contribution is 2.54. The van der Waals surface area contributed by atoms with Gasteiger partial charge < -0.3 is 38.4 Å². The van der Waals surface area contributed by atoms with Crippen LogP contribution >= 0.6 is 0 Å². The Bertz CT molecular complexity index is 5480. The number of hydrogen-bond acceptors (Lipinski definition) is 8. The molecule has 3 aromatic heterocycles. The molecule has 8 aromatic carbocycles. The first-order valence-electron chi connectivity index (χ1n) is 45.3. The van der Waals surface area contributed by atoms with E-state index in [0.717, 1.165) is 77.7 Å². The van der Waals surface area contributed by atoms with Gasteiger partial charge in [-0.25, -0.2) is 9.97 Å². The highest BCUT2D eigenvalue weighted by molar-refractivity contribution is 5.98. The second kappa shape index (κ2) is 32.8. The van der Waals surface area contributed by atoms with Crippen molar-refractivity contribution in [1.29, 1.82) is 0 Å². The first kappa shape index (κ1) is 92.8. The van der Waals surface area contributed by atoms with Crippen molar-refractivity contribution in [3.05, 3.63) is 259 Å². The van der Waals surface area contributed by atoms with E-state index >= 15 is 0 Å². The van der Waals surface area contributed by atoms with Crippen LogP contribution in [0.4, 0.5) is 0 Å². The van der Waals surface area contributed by atoms with Crippen LogP contribution in [-0.4, -0.2) is 19.9 Å². The van der Waals surface area contributed by atoms with Crippen LogP contribution in [0.3, 0.4) is 0 Å². The Labute approximate surface area is 754 Å². The van der Waals surface area contributed by atoms with Crippen molar-refractivity contribution in [2.45, 2.75) is 314 Å². The molecule has 0 radical (unpaired) electrons. The quantitative estimate of drug-likeness (QED) is 0.111. The van der Waals surface area contributed by atoms with Crippen molar-refractivity contribution < 1.29 is 28.4 Å². The number of nitrogens with one attached hydrogen (secondary N) is 2. The molecule has 13 rings (SSSR count). The van der Waals surface area contributed by atoms with E-state index in [1.165, 1.54) is 22.3 Å². The average Bonchev–Trinajstić information content (AvgIpc) is 1.46. The van der Waals surface area contributed by atoms with Gasteiger partial charge in [0.1, 0.15) is 69.0 Å². The topological polar surface area (TPSA) is 113 Å². The summed E-state index contributed by atoms with van der Waals surface area (Å²) in [7, 11) is 0. The van der Waals surface area contributed by atoms with E-state index in [1.54, 1.807) is 0 Å². The minimum Gasteiger partial charge on any atom is -0.457 e. The first-order valence-corrected chi connectivity index (χ1v) is 45.3. The van der Waals surface area contributed by atoms with E-state index in [2.05, 4.69) is 429 Å². The summed E-state index contributed by atoms with van der Waals surface area (Å²) in [5.74, 6) is 7.18. The Kier molecular flexibility index (Phi) is 24.2. The van der Waals surface area contributed by atoms with Gasteiger partial charge in [-0.2, -0.15) is 0 Å². The molecule has 10 heteroatoms. The second-order valence-electron chi connectivity index (χ2n) is 47.9. The monoisotopic (exact) mass is 1690 g/mol. The zero-order valence-corrected chi connectivity index (χ0v) is 82.8. The van der Waals surface area contributed by atoms with Gasteiger partial charge in [0.2, 0.25) is 0 Å². The first-order chi connectivity index (χ1) is 57.8. The molecule has 11 aromatic rings. The van der Waals surface area contributed by atoms with Gasteiger partial charge in [0.15, 0.2) is 0 Å². The predicted molar refractivity (Wildman–Crippen MR) is 533 cm³/mol. The number of nitrogens with zero attached hydrogens (tertiary/aromatic N) is 2. The number of ether oxygens (including phenoxy) is 6. The summed E-state index contributed by atoms with van der Waals surface area (Å²) in [6, 6.07) is 61.1. The third-order valence-corrected chi connectivity index (χ3v) is 24.2. The number of rotatable bonds is 14. The van der Waals surface area contributed by atoms with E-state index in [4.69, 9.17) is 38.4 Å². The van der Waals surface area contributed by atoms with Crippen LogP contribution in [0.15, 0.2) is 170 Å². The van der Waals surface area contributed by atoms with E-state index in [-0.39, 0.29) is 65.0 Å². The molecular formula is C116H142N4O6. The number of aromatic amines is 2. The molecule has 662 valence electrons. The average molecular weight is 1690 g/mol. The van der Waals surface area contributed by atoms with E-state index in [9.17, 15) is 0 Å². The molecule has 8 bridgehead atoms. The molecule has 10 nitrogen and oxygen atoms in total. The maximum absolute atomic E-state index is 7.76. The molecule has 0 spiro atoms. The molecule has 126 heavy (non-hydrogen) atoms. The lowest BCUT2D eigenvalue weighted by atomic mass is 9.80. The predicted octanol–water partition coefficient (Wildman–Crippen LogP) is 34.3. The molecule has 2 aliphatic rings. The molecule has 0 amide bonds. The molecule has 0 atom stereocenters. The molecule has 0 unspecified atom stereocenters. The third-order valence-electron chi connectivity index (χ3n) is 24.2. The number of fused-ring (bicyclic) bond motifs is 8. The van der Waals surface area contributed by atoms with Crippen LogP contribution in [0.5, 0.6) is 69.0 Å². The number of aromatic nitrogens is 4. The van der Waals surface area contributed by atoms with Crippen molar-refractivity contribution in [3.63, 3.8) is 0 Å². The number of benzene rings is 8. The Hall–Kier alpha value is -10.8. The lowest BCUT2D eigenvalue weighted by Gasteiger charge is -2.27. The van der Waals surface area contributed by atoms with Crippen molar-refractivity contribution in [3.8, 4) is 91.2 Å². The van der Waals surface area contributed by atoms with Crippen molar-refractivity contribution in [2.24, 2.45) is 0 Å². The molecule has 0 saturated carbocycles. The molecular weight excluding hydrogens is 1550 g/mol. The standard InChI is InChI=1S/C116H142N4O6/c1-105(2,3)69-45-70(106(4,5)6)52-85(51-69)121-91-65-97(123-87-55-73(109(13,14)15)47-74(56-87)110(16,17)18)103(98(66-91)124-88-57-75(111(19,20)21)48-76(58-88)112(22,23)24)101-93-41-37-81(117-93)63-83-39-43-95(119-83)102(96-44-40-84(120-96)64-82-38-42-94(101)118-82)104-99(125-89-59-77(113(25,26)27)49-78(60-89)114(28,29)30)67-92(122-86-53-71(107(7,8)9)46-72(54-86)108(10,11)12)68-100(104)126-90-61-79(115(31,32)33)50-80(62-90)116(34,35)36/h37-68,117,120H,1-36H3. The molecule has 0 aliphatic carbocycles. The van der Waals surface area contributed by atoms with Crippen molar-refractivity contribution in [1.82, 2.24) is 19.9 Å². The molecule has 0 fully saturated rings. The highest BCUT2D eigenvalue weighted by atomic mass is 16.5. The Balaban J connectivity index is 1.13. The van der Waals surface area contributed by atoms with Gasteiger partial charge in [-0.15, -0.1) is 0 Å². The smallest absolute Gasteiger partial charge is 0.142 e. The Morgan fingerprint density at radius 1 is 0.183 bits per heavy atom. The zero-order valence-electron chi connectivity index (χ0n) is 82.8. The summed E-state index contributed by atoms with van der Waals surface area (Å²) in [6.07, 6.45) is 8.39. The summed E-state index contributed by atoms with van der Waals surface area (Å²) in [6.45, 7) is 81.3. The molecule has 2 N–H and O–H groups in total. The van der Waals surface area contributed by atoms with Crippen LogP contribution in [0.2, 0.25) is 0 Å². The van der Waals surface area contributed by atoms with Crippen molar-refractivity contribution in [2.75, 3.05) is 0 Å². The van der Waals surface area contributed by atoms with Gasteiger partial charge in [0.05, 0.1) is 33.9 Å². The second-order valence-corrected chi connectivity index (χ2v) is 47.9. The van der Waals surface area contributed by atoms with E-state index in [1.807, 2.05) is 24.3 Å². The Morgan fingerprint density at radius 3 is 0.540 bits per heavy atom. The normalized spacial score (nSPS) is 13.5. The lowest BCUT2D eigenvalue weighted by molar-refractivity contribution is 0.435. The molecule has 5 heterocycles. The minimum absolute atomic E-state index is 0.187. The van der Waals surface area contributed by atoms with Gasteiger partial charge in [-0.3, -0.25) is 0 Å². The van der Waals surface area contributed by atoms with Gasteiger partial charge in [-0.05, 0) is 265 Å². The maximum atomic E-state index is 7.76. The minimum atomic E-state index is -0.233. The SMILES string of the molecule is CC(C)(C)c1cc(Oc2cc(Oc3cc(C(C)(C)C)cc(C(C)(C)C)c3)c(-c3c4nc(cc5ccc([nH]5)c(-c5c(Oc6cc(C(C)(C)C)cc(C(C)(C)C)c6)cc(Oc6cc(C(C)(C)C)cc(C(C)(C)C)c6)cc5Oc5cc(C(C)(C)C)cc(C(C)(C)C)c5)c5nc(cc6ccc3[nH]6)C=C5)C=C4)c(Oc3cc(C(C)(C)C)cc(C(C)(C)C)c3)c2)cc(C(C)(C)C)c1. The van der Waals surface area contributed by atoms with E-state index in [0.29, 0.717) is 103 Å². The van der Waals surface area contributed by atoms with Crippen LogP contribution in [-0.2, 0) is 65.0 Å². The fourth-order valence-electron chi connectivity index (χ4n) is 15.6. The van der Waals surface area contributed by atoms with Crippen LogP contribution < -0.4 is 28.4 Å². The van der Waals surface area contributed by atoms with Gasteiger partial charge in [0, 0.05) is 57.5 Å². The van der Waals surface area contributed by atoms with Crippen molar-refractivity contribution >= 4 is 46.4 Å². The maximum Gasteiger partial charge on any atom is 0.142 e. The highest BCUT2D eigenvalue weighted by Gasteiger charge is 2.34.